The zero-order valence-electron chi connectivity index (χ0n) is 9.39. The van der Waals surface area contributed by atoms with Gasteiger partial charge in [-0.2, -0.15) is 13.2 Å². The van der Waals surface area contributed by atoms with E-state index in [0.29, 0.717) is 5.56 Å². The molecule has 0 saturated carbocycles. The van der Waals surface area contributed by atoms with E-state index in [1.807, 2.05) is 0 Å². The second kappa shape index (κ2) is 4.87. The summed E-state index contributed by atoms with van der Waals surface area (Å²) in [6, 6.07) is 4.63. The van der Waals surface area contributed by atoms with E-state index < -0.39 is 30.1 Å². The van der Waals surface area contributed by atoms with E-state index in [9.17, 15) is 18.3 Å². The lowest BCUT2D eigenvalue weighted by atomic mass is 10.0. The van der Waals surface area contributed by atoms with Crippen molar-refractivity contribution < 1.29 is 28.1 Å². The molecule has 0 radical (unpaired) electrons. The van der Waals surface area contributed by atoms with Gasteiger partial charge >= 0.3 is 6.18 Å². The molecule has 1 aliphatic heterocycles. The Hall–Kier alpha value is -1.11. The van der Waals surface area contributed by atoms with E-state index in [-0.39, 0.29) is 13.0 Å². The number of hydrogen-bond acceptors (Lipinski definition) is 3. The van der Waals surface area contributed by atoms with Crippen LogP contribution in [-0.2, 0) is 10.9 Å². The van der Waals surface area contributed by atoms with Crippen LogP contribution in [0.4, 0.5) is 13.2 Å². The normalized spacial score (nSPS) is 28.6. The monoisotopic (exact) mass is 262 g/mol. The van der Waals surface area contributed by atoms with Crippen molar-refractivity contribution in [3.05, 3.63) is 35.4 Å². The molecule has 1 heterocycles. The fraction of sp³-hybridized carbons (Fsp3) is 0.500. The van der Waals surface area contributed by atoms with Gasteiger partial charge in [-0.1, -0.05) is 12.1 Å². The first-order chi connectivity index (χ1) is 8.41. The second-order valence-corrected chi connectivity index (χ2v) is 4.27. The van der Waals surface area contributed by atoms with Crippen LogP contribution in [0.1, 0.15) is 23.7 Å². The Bertz CT molecular complexity index is 402. The number of aliphatic hydroxyl groups is 2. The minimum Gasteiger partial charge on any atom is -0.394 e. The molecule has 0 aliphatic carbocycles. The van der Waals surface area contributed by atoms with E-state index in [4.69, 9.17) is 9.84 Å². The van der Waals surface area contributed by atoms with Crippen LogP contribution >= 0.6 is 0 Å². The fourth-order valence-corrected chi connectivity index (χ4v) is 1.99. The van der Waals surface area contributed by atoms with Gasteiger partial charge in [-0.05, 0) is 17.7 Å². The van der Waals surface area contributed by atoms with Crippen molar-refractivity contribution in [2.24, 2.45) is 0 Å². The van der Waals surface area contributed by atoms with Crippen molar-refractivity contribution in [3.63, 3.8) is 0 Å². The average molecular weight is 262 g/mol. The molecule has 18 heavy (non-hydrogen) atoms. The molecule has 1 aliphatic rings. The van der Waals surface area contributed by atoms with Crippen molar-refractivity contribution in [2.45, 2.75) is 30.9 Å². The number of benzene rings is 1. The molecule has 0 unspecified atom stereocenters. The van der Waals surface area contributed by atoms with Crippen LogP contribution in [0.5, 0.6) is 0 Å². The van der Waals surface area contributed by atoms with E-state index in [1.54, 1.807) is 0 Å². The summed E-state index contributed by atoms with van der Waals surface area (Å²) in [6.45, 7) is -0.307. The summed E-state index contributed by atoms with van der Waals surface area (Å²) in [6.07, 6.45) is -6.02. The van der Waals surface area contributed by atoms with E-state index in [0.717, 1.165) is 12.1 Å². The predicted molar refractivity (Wildman–Crippen MR) is 56.8 cm³/mol. The number of hydrogen-bond donors (Lipinski definition) is 2. The predicted octanol–water partition coefficient (Wildman–Crippen LogP) is 1.89. The molecule has 0 spiro atoms. The molecule has 1 aromatic carbocycles. The third-order valence-electron chi connectivity index (χ3n) is 3.01. The highest BCUT2D eigenvalue weighted by Gasteiger charge is 2.35. The number of halogens is 3. The van der Waals surface area contributed by atoms with Crippen molar-refractivity contribution in [3.8, 4) is 0 Å². The number of alkyl halides is 3. The lowest BCUT2D eigenvalue weighted by molar-refractivity contribution is -0.137. The van der Waals surface area contributed by atoms with Crippen LogP contribution in [0.15, 0.2) is 24.3 Å². The van der Waals surface area contributed by atoms with E-state index >= 15 is 0 Å². The summed E-state index contributed by atoms with van der Waals surface area (Å²) < 4.78 is 42.5. The van der Waals surface area contributed by atoms with Gasteiger partial charge in [0.2, 0.25) is 0 Å². The van der Waals surface area contributed by atoms with E-state index in [1.165, 1.54) is 12.1 Å². The maximum atomic E-state index is 12.4. The lowest BCUT2D eigenvalue weighted by Gasteiger charge is -2.13. The number of aliphatic hydroxyl groups excluding tert-OH is 2. The summed E-state index contributed by atoms with van der Waals surface area (Å²) in [5.41, 5.74) is -0.151. The lowest BCUT2D eigenvalue weighted by Crippen LogP contribution is -2.24. The first kappa shape index (κ1) is 13.3. The quantitative estimate of drug-likeness (QED) is 0.855. The molecule has 3 atom stereocenters. The summed E-state index contributed by atoms with van der Waals surface area (Å²) in [5, 5.41) is 18.5. The van der Waals surface area contributed by atoms with Gasteiger partial charge in [-0.15, -0.1) is 0 Å². The maximum Gasteiger partial charge on any atom is 0.416 e. The van der Waals surface area contributed by atoms with Gasteiger partial charge in [-0.25, -0.2) is 0 Å². The topological polar surface area (TPSA) is 49.7 Å². The van der Waals surface area contributed by atoms with Crippen LogP contribution in [0.25, 0.3) is 0 Å². The molecule has 6 heteroatoms. The summed E-state index contributed by atoms with van der Waals surface area (Å²) in [4.78, 5) is 0. The van der Waals surface area contributed by atoms with Gasteiger partial charge in [0.05, 0.1) is 24.4 Å². The molecular formula is C12H13F3O3. The second-order valence-electron chi connectivity index (χ2n) is 4.27. The average Bonchev–Trinajstić information content (AvgIpc) is 2.69. The summed E-state index contributed by atoms with van der Waals surface area (Å²) in [5.74, 6) is 0. The van der Waals surface area contributed by atoms with Gasteiger partial charge in [0.1, 0.15) is 6.10 Å². The van der Waals surface area contributed by atoms with E-state index in [2.05, 4.69) is 0 Å². The highest BCUT2D eigenvalue weighted by Crippen LogP contribution is 2.35. The Morgan fingerprint density at radius 1 is 1.22 bits per heavy atom. The highest BCUT2D eigenvalue weighted by molar-refractivity contribution is 5.26. The van der Waals surface area contributed by atoms with Gasteiger partial charge in [0, 0.05) is 6.42 Å². The van der Waals surface area contributed by atoms with Gasteiger partial charge in [0.25, 0.3) is 0 Å². The van der Waals surface area contributed by atoms with Crippen molar-refractivity contribution in [2.75, 3.05) is 6.61 Å². The van der Waals surface area contributed by atoms with Crippen molar-refractivity contribution >= 4 is 0 Å². The van der Waals surface area contributed by atoms with Gasteiger partial charge < -0.3 is 14.9 Å². The molecule has 1 fully saturated rings. The van der Waals surface area contributed by atoms with Gasteiger partial charge in [-0.3, -0.25) is 0 Å². The van der Waals surface area contributed by atoms with Crippen LogP contribution < -0.4 is 0 Å². The molecule has 1 aromatic rings. The highest BCUT2D eigenvalue weighted by atomic mass is 19.4. The van der Waals surface area contributed by atoms with Crippen molar-refractivity contribution in [1.82, 2.24) is 0 Å². The molecule has 0 amide bonds. The Morgan fingerprint density at radius 2 is 1.83 bits per heavy atom. The number of ether oxygens (including phenoxy) is 1. The summed E-state index contributed by atoms with van der Waals surface area (Å²) in [7, 11) is 0. The molecule has 1 saturated heterocycles. The van der Waals surface area contributed by atoms with Crippen LogP contribution in [0.2, 0.25) is 0 Å². The fourth-order valence-electron chi connectivity index (χ4n) is 1.99. The van der Waals surface area contributed by atoms with Crippen LogP contribution in [-0.4, -0.2) is 29.0 Å². The Balaban J connectivity index is 2.12. The first-order valence-corrected chi connectivity index (χ1v) is 5.53. The van der Waals surface area contributed by atoms with Crippen LogP contribution in [0, 0.1) is 0 Å². The zero-order chi connectivity index (χ0) is 13.3. The summed E-state index contributed by atoms with van der Waals surface area (Å²) >= 11 is 0. The molecule has 2 rings (SSSR count). The van der Waals surface area contributed by atoms with Gasteiger partial charge in [0.15, 0.2) is 0 Å². The minimum atomic E-state index is -4.36. The Morgan fingerprint density at radius 3 is 2.28 bits per heavy atom. The molecular weight excluding hydrogens is 249 g/mol. The molecule has 3 nitrogen and oxygen atoms in total. The number of rotatable bonds is 2. The zero-order valence-corrected chi connectivity index (χ0v) is 9.39. The molecule has 0 aromatic heterocycles. The Kier molecular flexibility index (Phi) is 3.61. The Labute approximate surface area is 102 Å². The third kappa shape index (κ3) is 2.66. The van der Waals surface area contributed by atoms with Crippen LogP contribution in [0.3, 0.4) is 0 Å². The third-order valence-corrected chi connectivity index (χ3v) is 3.01. The minimum absolute atomic E-state index is 0.274. The smallest absolute Gasteiger partial charge is 0.394 e. The van der Waals surface area contributed by atoms with Crippen molar-refractivity contribution in [1.29, 1.82) is 0 Å². The maximum absolute atomic E-state index is 12.4. The molecule has 2 N–H and O–H groups in total. The largest absolute Gasteiger partial charge is 0.416 e. The molecule has 0 bridgehead atoms. The first-order valence-electron chi connectivity index (χ1n) is 5.53. The SMILES string of the molecule is OC[C@H]1O[C@@H](c2ccc(C(F)(F)F)cc2)C[C@@H]1O. The standard InChI is InChI=1S/C12H13F3O3/c13-12(14,15)8-3-1-7(2-4-8)10-5-9(17)11(6-16)18-10/h1-4,9-11,16-17H,5-6H2/t9-,10+,11+/m0/s1. The molecule has 100 valence electrons.